The van der Waals surface area contributed by atoms with E-state index in [-0.39, 0.29) is 12.4 Å². The molecule has 0 radical (unpaired) electrons. The summed E-state index contributed by atoms with van der Waals surface area (Å²) >= 11 is 0. The normalized spacial score (nSPS) is 20.1. The molecule has 1 aromatic carbocycles. The standard InChI is InChI=1S/C16H25N3O2/c1-12-10-13(16(17)18-21)6-7-14(12)11-19-8-2-4-15(19)5-3-9-20/h6-7,10,15,20-21H,2-5,8-9,11H2,1H3,(H2,17,18). The second-order valence-corrected chi connectivity index (χ2v) is 5.76. The van der Waals surface area contributed by atoms with E-state index in [1.807, 2.05) is 12.1 Å². The van der Waals surface area contributed by atoms with Gasteiger partial charge in [-0.3, -0.25) is 4.90 Å². The maximum atomic E-state index is 8.99. The molecule has 21 heavy (non-hydrogen) atoms. The van der Waals surface area contributed by atoms with Gasteiger partial charge >= 0.3 is 0 Å². The third kappa shape index (κ3) is 3.95. The highest BCUT2D eigenvalue weighted by Crippen LogP contribution is 2.24. The number of benzene rings is 1. The van der Waals surface area contributed by atoms with Gasteiger partial charge in [0.15, 0.2) is 5.84 Å². The van der Waals surface area contributed by atoms with Gasteiger partial charge in [-0.2, -0.15) is 0 Å². The largest absolute Gasteiger partial charge is 0.409 e. The van der Waals surface area contributed by atoms with Crippen LogP contribution in [0.15, 0.2) is 23.4 Å². The zero-order valence-corrected chi connectivity index (χ0v) is 12.6. The Kier molecular flexibility index (Phi) is 5.59. The van der Waals surface area contributed by atoms with Gasteiger partial charge in [0.2, 0.25) is 0 Å². The smallest absolute Gasteiger partial charge is 0.170 e. The molecule has 0 bridgehead atoms. The summed E-state index contributed by atoms with van der Waals surface area (Å²) in [5.41, 5.74) is 8.80. The zero-order chi connectivity index (χ0) is 15.2. The Hall–Kier alpha value is -1.59. The van der Waals surface area contributed by atoms with Crippen LogP contribution < -0.4 is 5.73 Å². The number of nitrogens with two attached hydrogens (primary N) is 1. The molecule has 0 aliphatic carbocycles. The minimum absolute atomic E-state index is 0.145. The van der Waals surface area contributed by atoms with Crippen molar-refractivity contribution in [3.05, 3.63) is 34.9 Å². The average molecular weight is 291 g/mol. The van der Waals surface area contributed by atoms with E-state index in [0.717, 1.165) is 37.1 Å². The van der Waals surface area contributed by atoms with Gasteiger partial charge in [-0.25, -0.2) is 0 Å². The highest BCUT2D eigenvalue weighted by molar-refractivity contribution is 5.97. The topological polar surface area (TPSA) is 82.1 Å². The summed E-state index contributed by atoms with van der Waals surface area (Å²) in [6.07, 6.45) is 4.40. The van der Waals surface area contributed by atoms with Crippen LogP contribution >= 0.6 is 0 Å². The predicted octanol–water partition coefficient (Wildman–Crippen LogP) is 1.83. The Morgan fingerprint density at radius 2 is 2.29 bits per heavy atom. The van der Waals surface area contributed by atoms with Crippen molar-refractivity contribution in [2.75, 3.05) is 13.2 Å². The number of amidine groups is 1. The molecule has 1 aliphatic rings. The van der Waals surface area contributed by atoms with Crippen LogP contribution in [-0.2, 0) is 6.54 Å². The van der Waals surface area contributed by atoms with Crippen LogP contribution in [-0.4, -0.2) is 40.2 Å². The number of rotatable bonds is 6. The van der Waals surface area contributed by atoms with Gasteiger partial charge in [0.25, 0.3) is 0 Å². The van der Waals surface area contributed by atoms with Crippen molar-refractivity contribution in [1.29, 1.82) is 0 Å². The van der Waals surface area contributed by atoms with Gasteiger partial charge in [0.1, 0.15) is 0 Å². The molecule has 1 unspecified atom stereocenters. The van der Waals surface area contributed by atoms with Crippen LogP contribution in [0.5, 0.6) is 0 Å². The molecule has 0 spiro atoms. The third-order valence-corrected chi connectivity index (χ3v) is 4.31. The maximum Gasteiger partial charge on any atom is 0.170 e. The Morgan fingerprint density at radius 1 is 1.48 bits per heavy atom. The molecule has 4 N–H and O–H groups in total. The summed E-state index contributed by atoms with van der Waals surface area (Å²) in [4.78, 5) is 2.50. The minimum Gasteiger partial charge on any atom is -0.409 e. The van der Waals surface area contributed by atoms with Gasteiger partial charge < -0.3 is 16.0 Å². The van der Waals surface area contributed by atoms with Crippen LogP contribution in [0.1, 0.15) is 42.4 Å². The highest BCUT2D eigenvalue weighted by atomic mass is 16.4. The molecule has 0 saturated carbocycles. The lowest BCUT2D eigenvalue weighted by atomic mass is 10.0. The molecule has 0 aromatic heterocycles. The lowest BCUT2D eigenvalue weighted by Gasteiger charge is -2.25. The Balaban J connectivity index is 2.05. The highest BCUT2D eigenvalue weighted by Gasteiger charge is 2.24. The number of nitrogens with zero attached hydrogens (tertiary/aromatic N) is 2. The van der Waals surface area contributed by atoms with Gasteiger partial charge in [-0.05, 0) is 56.3 Å². The third-order valence-electron chi connectivity index (χ3n) is 4.31. The summed E-state index contributed by atoms with van der Waals surface area (Å²) in [6.45, 7) is 4.38. The fourth-order valence-corrected chi connectivity index (χ4v) is 3.07. The molecular formula is C16H25N3O2. The lowest BCUT2D eigenvalue weighted by molar-refractivity contribution is 0.210. The molecule has 5 heteroatoms. The molecular weight excluding hydrogens is 266 g/mol. The van der Waals surface area contributed by atoms with Crippen molar-refractivity contribution in [2.24, 2.45) is 10.9 Å². The quantitative estimate of drug-likeness (QED) is 0.323. The number of aliphatic hydroxyl groups excluding tert-OH is 1. The van der Waals surface area contributed by atoms with Crippen molar-refractivity contribution in [1.82, 2.24) is 4.90 Å². The molecule has 1 aromatic rings. The SMILES string of the molecule is Cc1cc(/C(N)=N/O)ccc1CN1CCCC1CCCO. The van der Waals surface area contributed by atoms with Crippen LogP contribution in [0, 0.1) is 6.92 Å². The van der Waals surface area contributed by atoms with E-state index in [1.54, 1.807) is 0 Å². The Morgan fingerprint density at radius 3 is 2.95 bits per heavy atom. The van der Waals surface area contributed by atoms with Crippen molar-refractivity contribution in [3.8, 4) is 0 Å². The van der Waals surface area contributed by atoms with E-state index in [0.29, 0.717) is 6.04 Å². The van der Waals surface area contributed by atoms with Crippen molar-refractivity contribution in [3.63, 3.8) is 0 Å². The van der Waals surface area contributed by atoms with E-state index >= 15 is 0 Å². The zero-order valence-electron chi connectivity index (χ0n) is 12.6. The Labute approximate surface area is 126 Å². The summed E-state index contributed by atoms with van der Waals surface area (Å²) in [6, 6.07) is 6.50. The Bertz CT molecular complexity index is 502. The molecule has 1 atom stereocenters. The number of aryl methyl sites for hydroxylation is 1. The lowest BCUT2D eigenvalue weighted by Crippen LogP contribution is -2.29. The first-order chi connectivity index (χ1) is 10.2. The van der Waals surface area contributed by atoms with E-state index in [1.165, 1.54) is 18.4 Å². The number of aliphatic hydroxyl groups is 1. The van der Waals surface area contributed by atoms with Crippen LogP contribution in [0.25, 0.3) is 0 Å². The maximum absolute atomic E-state index is 8.99. The number of oxime groups is 1. The van der Waals surface area contributed by atoms with Crippen molar-refractivity contribution < 1.29 is 10.3 Å². The summed E-state index contributed by atoms with van der Waals surface area (Å²) in [7, 11) is 0. The van der Waals surface area contributed by atoms with Crippen LogP contribution in [0.4, 0.5) is 0 Å². The van der Waals surface area contributed by atoms with E-state index in [4.69, 9.17) is 16.0 Å². The fraction of sp³-hybridized carbons (Fsp3) is 0.562. The summed E-state index contributed by atoms with van der Waals surface area (Å²) < 4.78 is 0. The second kappa shape index (κ2) is 7.43. The monoisotopic (exact) mass is 291 g/mol. The van der Waals surface area contributed by atoms with Crippen molar-refractivity contribution >= 4 is 5.84 Å². The summed E-state index contributed by atoms with van der Waals surface area (Å²) in [5.74, 6) is 0.145. The molecule has 1 heterocycles. The predicted molar refractivity (Wildman–Crippen MR) is 83.4 cm³/mol. The fourth-order valence-electron chi connectivity index (χ4n) is 3.07. The van der Waals surface area contributed by atoms with E-state index in [9.17, 15) is 0 Å². The molecule has 116 valence electrons. The number of hydrogen-bond acceptors (Lipinski definition) is 4. The van der Waals surface area contributed by atoms with Gasteiger partial charge in [-0.15, -0.1) is 0 Å². The molecule has 1 fully saturated rings. The van der Waals surface area contributed by atoms with Gasteiger partial charge in [0.05, 0.1) is 0 Å². The van der Waals surface area contributed by atoms with Crippen molar-refractivity contribution in [2.45, 2.75) is 45.2 Å². The average Bonchev–Trinajstić information content (AvgIpc) is 2.93. The molecule has 1 aliphatic heterocycles. The van der Waals surface area contributed by atoms with E-state index < -0.39 is 0 Å². The number of hydrogen-bond donors (Lipinski definition) is 3. The first kappa shape index (κ1) is 15.8. The number of likely N-dealkylation sites (tertiary alicyclic amines) is 1. The molecule has 1 saturated heterocycles. The first-order valence-electron chi connectivity index (χ1n) is 7.58. The second-order valence-electron chi connectivity index (χ2n) is 5.76. The van der Waals surface area contributed by atoms with Crippen LogP contribution in [0.2, 0.25) is 0 Å². The van der Waals surface area contributed by atoms with Gasteiger partial charge in [-0.1, -0.05) is 17.3 Å². The van der Waals surface area contributed by atoms with Gasteiger partial charge in [0, 0.05) is 24.8 Å². The molecule has 0 amide bonds. The first-order valence-corrected chi connectivity index (χ1v) is 7.58. The summed E-state index contributed by atoms with van der Waals surface area (Å²) in [5, 5.41) is 20.8. The molecule has 2 rings (SSSR count). The van der Waals surface area contributed by atoms with E-state index in [2.05, 4.69) is 23.0 Å². The molecule has 5 nitrogen and oxygen atoms in total. The van der Waals surface area contributed by atoms with Crippen LogP contribution in [0.3, 0.4) is 0 Å². The minimum atomic E-state index is 0.145.